The van der Waals surface area contributed by atoms with Gasteiger partial charge in [-0.2, -0.15) is 0 Å². The Morgan fingerprint density at radius 2 is 2.12 bits per heavy atom. The maximum absolute atomic E-state index is 9.61. The minimum absolute atomic E-state index is 0.0376. The number of aliphatic carboxylic acids is 1. The van der Waals surface area contributed by atoms with Gasteiger partial charge in [0.05, 0.1) is 6.10 Å². The molecule has 3 unspecified atom stereocenters. The van der Waals surface area contributed by atoms with Crippen LogP contribution in [0.4, 0.5) is 0 Å². The molecule has 0 spiro atoms. The summed E-state index contributed by atoms with van der Waals surface area (Å²) in [5.41, 5.74) is 3.10. The zero-order valence-corrected chi connectivity index (χ0v) is 9.78. The van der Waals surface area contributed by atoms with E-state index in [1.165, 1.54) is 31.3 Å². The number of aliphatic hydroxyl groups excluding tert-OH is 1. The molecule has 16 heavy (non-hydrogen) atoms. The van der Waals surface area contributed by atoms with Gasteiger partial charge in [0, 0.05) is 6.42 Å². The molecule has 0 heterocycles. The van der Waals surface area contributed by atoms with Gasteiger partial charge in [-0.25, -0.2) is 0 Å². The lowest BCUT2D eigenvalue weighted by molar-refractivity contribution is -0.136. The molecule has 2 bridgehead atoms. The third kappa shape index (κ3) is 2.01. The van der Waals surface area contributed by atoms with Crippen molar-refractivity contribution < 1.29 is 15.0 Å². The minimum atomic E-state index is -0.745. The quantitative estimate of drug-likeness (QED) is 0.672. The molecule has 3 nitrogen and oxygen atoms in total. The second-order valence-corrected chi connectivity index (χ2v) is 5.01. The molecule has 90 valence electrons. The molecule has 3 rings (SSSR count). The van der Waals surface area contributed by atoms with E-state index in [9.17, 15) is 9.90 Å². The molecule has 3 aliphatic rings. The summed E-state index contributed by atoms with van der Waals surface area (Å²) in [5.74, 6) is 1.01. The number of aliphatic hydroxyl groups is 1. The van der Waals surface area contributed by atoms with Crippen LogP contribution in [0.15, 0.2) is 11.1 Å². The summed E-state index contributed by atoms with van der Waals surface area (Å²) in [5, 5.41) is 17.3. The summed E-state index contributed by atoms with van der Waals surface area (Å²) >= 11 is 0. The first-order valence-electron chi connectivity index (χ1n) is 6.25. The zero-order chi connectivity index (χ0) is 11.7. The monoisotopic (exact) mass is 224 g/mol. The lowest BCUT2D eigenvalue weighted by atomic mass is 9.88. The highest BCUT2D eigenvalue weighted by atomic mass is 16.4. The Labute approximate surface area is 96.2 Å². The van der Waals surface area contributed by atoms with E-state index in [4.69, 9.17) is 5.11 Å². The van der Waals surface area contributed by atoms with Gasteiger partial charge in [-0.3, -0.25) is 4.79 Å². The summed E-state index contributed by atoms with van der Waals surface area (Å²) in [4.78, 5) is 9.37. The van der Waals surface area contributed by atoms with E-state index < -0.39 is 5.97 Å². The third-order valence-corrected chi connectivity index (χ3v) is 4.10. The Kier molecular flexibility index (Phi) is 3.33. The molecule has 0 aromatic rings. The number of hydrogen-bond acceptors (Lipinski definition) is 2. The van der Waals surface area contributed by atoms with Gasteiger partial charge in [-0.05, 0) is 49.5 Å². The molecule has 2 N–H and O–H groups in total. The largest absolute Gasteiger partial charge is 0.481 e. The maximum atomic E-state index is 9.61. The van der Waals surface area contributed by atoms with E-state index in [1.54, 1.807) is 12.5 Å². The van der Waals surface area contributed by atoms with Gasteiger partial charge >= 0.3 is 5.97 Å². The number of hydrogen-bond donors (Lipinski definition) is 2. The molecular formula is C13H20O3. The Morgan fingerprint density at radius 1 is 1.44 bits per heavy atom. The van der Waals surface area contributed by atoms with Crippen molar-refractivity contribution in [3.63, 3.8) is 0 Å². The van der Waals surface area contributed by atoms with Crippen LogP contribution in [0.3, 0.4) is 0 Å². The molecule has 0 aromatic carbocycles. The first-order chi connectivity index (χ1) is 7.63. The lowest BCUT2D eigenvalue weighted by Gasteiger charge is -2.20. The average Bonchev–Trinajstić information content (AvgIpc) is 2.88. The molecule has 3 atom stereocenters. The SMILES string of the molecule is CCC(=O)O.OC1CC2CC1=C1CCCC12. The summed E-state index contributed by atoms with van der Waals surface area (Å²) in [6, 6.07) is 0. The van der Waals surface area contributed by atoms with E-state index in [1.807, 2.05) is 0 Å². The maximum Gasteiger partial charge on any atom is 0.303 e. The van der Waals surface area contributed by atoms with Crippen LogP contribution in [-0.2, 0) is 4.79 Å². The second kappa shape index (κ2) is 4.58. The van der Waals surface area contributed by atoms with Crippen LogP contribution >= 0.6 is 0 Å². The fourth-order valence-corrected chi connectivity index (χ4v) is 3.37. The van der Waals surface area contributed by atoms with Crippen molar-refractivity contribution in [3.8, 4) is 0 Å². The predicted molar refractivity (Wildman–Crippen MR) is 61.0 cm³/mol. The number of carbonyl (C=O) groups is 1. The van der Waals surface area contributed by atoms with Gasteiger partial charge in [0.2, 0.25) is 0 Å². The van der Waals surface area contributed by atoms with Gasteiger partial charge in [-0.1, -0.05) is 12.5 Å². The van der Waals surface area contributed by atoms with Crippen LogP contribution in [0.2, 0.25) is 0 Å². The first-order valence-corrected chi connectivity index (χ1v) is 6.25. The third-order valence-electron chi connectivity index (χ3n) is 4.10. The predicted octanol–water partition coefficient (Wildman–Crippen LogP) is 2.35. The van der Waals surface area contributed by atoms with Gasteiger partial charge in [0.1, 0.15) is 0 Å². The van der Waals surface area contributed by atoms with Gasteiger partial charge in [0.15, 0.2) is 0 Å². The van der Waals surface area contributed by atoms with Crippen molar-refractivity contribution in [2.24, 2.45) is 11.8 Å². The van der Waals surface area contributed by atoms with E-state index in [-0.39, 0.29) is 12.5 Å². The highest BCUT2D eigenvalue weighted by molar-refractivity contribution is 5.66. The van der Waals surface area contributed by atoms with Crippen molar-refractivity contribution in [1.82, 2.24) is 0 Å². The Bertz CT molecular complexity index is 319. The first kappa shape index (κ1) is 11.6. The summed E-state index contributed by atoms with van der Waals surface area (Å²) in [7, 11) is 0. The van der Waals surface area contributed by atoms with E-state index in [0.717, 1.165) is 18.3 Å². The minimum Gasteiger partial charge on any atom is -0.481 e. The van der Waals surface area contributed by atoms with Crippen LogP contribution in [0.1, 0.15) is 45.4 Å². The Balaban J connectivity index is 0.000000168. The standard InChI is InChI=1S/C10H14O.C3H6O2/c11-10-5-6-4-9(10)8-3-1-2-7(6)8;1-2-3(4)5/h6-7,10-11H,1-5H2;2H2,1H3,(H,4,5). The highest BCUT2D eigenvalue weighted by Gasteiger charge is 2.45. The van der Waals surface area contributed by atoms with Crippen LogP contribution in [0.25, 0.3) is 0 Å². The summed E-state index contributed by atoms with van der Waals surface area (Å²) in [6.45, 7) is 1.60. The Morgan fingerprint density at radius 3 is 2.75 bits per heavy atom. The smallest absolute Gasteiger partial charge is 0.303 e. The topological polar surface area (TPSA) is 57.5 Å². The normalized spacial score (nSPS) is 34.8. The molecule has 2 saturated carbocycles. The average molecular weight is 224 g/mol. The Hall–Kier alpha value is -0.830. The number of carboxylic acid groups (broad SMARTS) is 1. The summed E-state index contributed by atoms with van der Waals surface area (Å²) in [6.07, 6.45) is 6.59. The van der Waals surface area contributed by atoms with Gasteiger partial charge in [-0.15, -0.1) is 0 Å². The molecule has 0 radical (unpaired) electrons. The molecule has 3 heteroatoms. The second-order valence-electron chi connectivity index (χ2n) is 5.01. The van der Waals surface area contributed by atoms with Crippen molar-refractivity contribution in [2.75, 3.05) is 0 Å². The highest BCUT2D eigenvalue weighted by Crippen LogP contribution is 2.54. The van der Waals surface area contributed by atoms with Gasteiger partial charge < -0.3 is 10.2 Å². The molecule has 0 aromatic heterocycles. The molecular weight excluding hydrogens is 204 g/mol. The van der Waals surface area contributed by atoms with Crippen molar-refractivity contribution >= 4 is 5.97 Å². The molecule has 3 aliphatic carbocycles. The number of fused-ring (bicyclic) bond motifs is 4. The molecule has 0 aliphatic heterocycles. The van der Waals surface area contributed by atoms with Crippen molar-refractivity contribution in [3.05, 3.63) is 11.1 Å². The number of carboxylic acids is 1. The van der Waals surface area contributed by atoms with Gasteiger partial charge in [0.25, 0.3) is 0 Å². The van der Waals surface area contributed by atoms with E-state index >= 15 is 0 Å². The molecule has 0 amide bonds. The van der Waals surface area contributed by atoms with E-state index in [2.05, 4.69) is 0 Å². The fourth-order valence-electron chi connectivity index (χ4n) is 3.37. The van der Waals surface area contributed by atoms with Crippen LogP contribution in [0, 0.1) is 11.8 Å². The van der Waals surface area contributed by atoms with Crippen LogP contribution < -0.4 is 0 Å². The van der Waals surface area contributed by atoms with Crippen molar-refractivity contribution in [1.29, 1.82) is 0 Å². The number of allylic oxidation sites excluding steroid dienone is 1. The van der Waals surface area contributed by atoms with Crippen molar-refractivity contribution in [2.45, 2.75) is 51.6 Å². The molecule has 0 saturated heterocycles. The summed E-state index contributed by atoms with van der Waals surface area (Å²) < 4.78 is 0. The molecule has 2 fully saturated rings. The zero-order valence-electron chi connectivity index (χ0n) is 9.78. The fraction of sp³-hybridized carbons (Fsp3) is 0.769. The number of rotatable bonds is 1. The van der Waals surface area contributed by atoms with Crippen LogP contribution in [0.5, 0.6) is 0 Å². The lowest BCUT2D eigenvalue weighted by Crippen LogP contribution is -2.15. The van der Waals surface area contributed by atoms with Crippen LogP contribution in [-0.4, -0.2) is 22.3 Å². The van der Waals surface area contributed by atoms with E-state index in [0.29, 0.717) is 0 Å².